The average molecular weight is 332 g/mol. The SMILES string of the molecule is CN=C(NCc1ccc(OC)cc1)NCC(C)N1CCC(C)CC1. The normalized spacial score (nSPS) is 18.2. The molecule has 0 bridgehead atoms. The van der Waals surface area contributed by atoms with Crippen molar-refractivity contribution in [1.29, 1.82) is 0 Å². The van der Waals surface area contributed by atoms with E-state index >= 15 is 0 Å². The zero-order chi connectivity index (χ0) is 17.4. The summed E-state index contributed by atoms with van der Waals surface area (Å²) in [6.45, 7) is 8.73. The summed E-state index contributed by atoms with van der Waals surface area (Å²) in [6.07, 6.45) is 2.63. The Bertz CT molecular complexity index is 507. The van der Waals surface area contributed by atoms with E-state index in [1.54, 1.807) is 7.11 Å². The minimum absolute atomic E-state index is 0.525. The van der Waals surface area contributed by atoms with E-state index in [0.717, 1.165) is 30.7 Å². The Hall–Kier alpha value is -1.75. The van der Waals surface area contributed by atoms with Crippen molar-refractivity contribution in [2.24, 2.45) is 10.9 Å². The summed E-state index contributed by atoms with van der Waals surface area (Å²) in [5, 5.41) is 6.81. The minimum atomic E-state index is 0.525. The van der Waals surface area contributed by atoms with E-state index in [2.05, 4.69) is 46.5 Å². The highest BCUT2D eigenvalue weighted by Crippen LogP contribution is 2.17. The van der Waals surface area contributed by atoms with Gasteiger partial charge in [0.2, 0.25) is 0 Å². The maximum atomic E-state index is 5.18. The van der Waals surface area contributed by atoms with E-state index in [9.17, 15) is 0 Å². The maximum Gasteiger partial charge on any atom is 0.191 e. The summed E-state index contributed by atoms with van der Waals surface area (Å²) in [7, 11) is 3.50. The molecule has 0 spiro atoms. The first-order valence-electron chi connectivity index (χ1n) is 8.94. The van der Waals surface area contributed by atoms with Crippen molar-refractivity contribution in [2.75, 3.05) is 33.8 Å². The molecule has 1 fully saturated rings. The smallest absolute Gasteiger partial charge is 0.191 e. The van der Waals surface area contributed by atoms with Crippen molar-refractivity contribution in [3.63, 3.8) is 0 Å². The first-order valence-corrected chi connectivity index (χ1v) is 8.94. The Kier molecular flexibility index (Phi) is 7.37. The molecule has 1 aliphatic rings. The van der Waals surface area contributed by atoms with Crippen molar-refractivity contribution >= 4 is 5.96 Å². The van der Waals surface area contributed by atoms with E-state index < -0.39 is 0 Å². The van der Waals surface area contributed by atoms with Crippen LogP contribution in [0.1, 0.15) is 32.3 Å². The molecule has 0 aliphatic carbocycles. The van der Waals surface area contributed by atoms with E-state index in [-0.39, 0.29) is 0 Å². The van der Waals surface area contributed by atoms with Crippen LogP contribution in [-0.2, 0) is 6.54 Å². The van der Waals surface area contributed by atoms with Gasteiger partial charge < -0.3 is 15.4 Å². The van der Waals surface area contributed by atoms with Gasteiger partial charge in [0, 0.05) is 26.2 Å². The number of guanidine groups is 1. The van der Waals surface area contributed by atoms with Crippen molar-refractivity contribution < 1.29 is 4.74 Å². The molecule has 0 saturated carbocycles. The third-order valence-corrected chi connectivity index (χ3v) is 4.85. The molecule has 1 heterocycles. The number of hydrogen-bond acceptors (Lipinski definition) is 3. The number of hydrogen-bond donors (Lipinski definition) is 2. The van der Waals surface area contributed by atoms with Crippen molar-refractivity contribution in [3.8, 4) is 5.75 Å². The van der Waals surface area contributed by atoms with Crippen LogP contribution in [0.15, 0.2) is 29.3 Å². The zero-order valence-electron chi connectivity index (χ0n) is 15.5. The second kappa shape index (κ2) is 9.52. The second-order valence-electron chi connectivity index (χ2n) is 6.72. The molecular weight excluding hydrogens is 300 g/mol. The quantitative estimate of drug-likeness (QED) is 0.621. The minimum Gasteiger partial charge on any atom is -0.497 e. The van der Waals surface area contributed by atoms with Gasteiger partial charge >= 0.3 is 0 Å². The van der Waals surface area contributed by atoms with Crippen LogP contribution in [0.3, 0.4) is 0 Å². The molecule has 1 saturated heterocycles. The van der Waals surface area contributed by atoms with Crippen molar-refractivity contribution in [3.05, 3.63) is 29.8 Å². The van der Waals surface area contributed by atoms with Crippen LogP contribution < -0.4 is 15.4 Å². The van der Waals surface area contributed by atoms with Crippen LogP contribution in [0.4, 0.5) is 0 Å². The summed E-state index contributed by atoms with van der Waals surface area (Å²) in [6, 6.07) is 8.61. The van der Waals surface area contributed by atoms with Crippen LogP contribution in [0, 0.1) is 5.92 Å². The molecule has 0 radical (unpaired) electrons. The molecule has 0 aromatic heterocycles. The highest BCUT2D eigenvalue weighted by molar-refractivity contribution is 5.79. The molecule has 2 N–H and O–H groups in total. The average Bonchev–Trinajstić information content (AvgIpc) is 2.62. The molecule has 0 amide bonds. The van der Waals surface area contributed by atoms with Crippen molar-refractivity contribution in [1.82, 2.24) is 15.5 Å². The number of nitrogens with zero attached hydrogens (tertiary/aromatic N) is 2. The van der Waals surface area contributed by atoms with E-state index in [1.165, 1.54) is 31.5 Å². The number of rotatable bonds is 6. The van der Waals surface area contributed by atoms with Gasteiger partial charge in [0.15, 0.2) is 5.96 Å². The third-order valence-electron chi connectivity index (χ3n) is 4.85. The summed E-state index contributed by atoms with van der Waals surface area (Å²) < 4.78 is 5.18. The molecule has 5 heteroatoms. The lowest BCUT2D eigenvalue weighted by Crippen LogP contribution is -2.47. The lowest BCUT2D eigenvalue weighted by Gasteiger charge is -2.35. The van der Waals surface area contributed by atoms with Gasteiger partial charge in [-0.25, -0.2) is 0 Å². The number of piperidine rings is 1. The molecule has 134 valence electrons. The summed E-state index contributed by atoms with van der Waals surface area (Å²) in [5.41, 5.74) is 1.21. The molecule has 1 aromatic carbocycles. The van der Waals surface area contributed by atoms with Crippen molar-refractivity contribution in [2.45, 2.75) is 39.3 Å². The number of aliphatic imine (C=N–C) groups is 1. The Morgan fingerprint density at radius 1 is 1.25 bits per heavy atom. The van der Waals surface area contributed by atoms with E-state index in [0.29, 0.717) is 6.04 Å². The number of nitrogens with one attached hydrogen (secondary N) is 2. The van der Waals surface area contributed by atoms with Crippen LogP contribution >= 0.6 is 0 Å². The fraction of sp³-hybridized carbons (Fsp3) is 0.632. The topological polar surface area (TPSA) is 48.9 Å². The molecule has 2 rings (SSSR count). The molecule has 1 atom stereocenters. The first-order chi connectivity index (χ1) is 11.6. The third kappa shape index (κ3) is 5.71. The molecule has 1 unspecified atom stereocenters. The van der Waals surface area contributed by atoms with Gasteiger partial charge in [-0.15, -0.1) is 0 Å². The molecule has 1 aliphatic heterocycles. The Balaban J connectivity index is 1.73. The lowest BCUT2D eigenvalue weighted by molar-refractivity contribution is 0.147. The summed E-state index contributed by atoms with van der Waals surface area (Å²) >= 11 is 0. The fourth-order valence-corrected chi connectivity index (χ4v) is 2.99. The number of methoxy groups -OCH3 is 1. The summed E-state index contributed by atoms with van der Waals surface area (Å²) in [5.74, 6) is 2.61. The largest absolute Gasteiger partial charge is 0.497 e. The van der Waals surface area contributed by atoms with Crippen LogP contribution in [0.5, 0.6) is 5.75 Å². The molecule has 24 heavy (non-hydrogen) atoms. The van der Waals surface area contributed by atoms with Gasteiger partial charge in [0.1, 0.15) is 5.75 Å². The fourth-order valence-electron chi connectivity index (χ4n) is 2.99. The standard InChI is InChI=1S/C19H32N4O/c1-15-9-11-23(12-10-15)16(2)13-21-19(20-3)22-14-17-5-7-18(24-4)8-6-17/h5-8,15-16H,9-14H2,1-4H3,(H2,20,21,22). The highest BCUT2D eigenvalue weighted by Gasteiger charge is 2.20. The second-order valence-corrected chi connectivity index (χ2v) is 6.72. The number of likely N-dealkylation sites (tertiary alicyclic amines) is 1. The maximum absolute atomic E-state index is 5.18. The predicted molar refractivity (Wildman–Crippen MR) is 101 cm³/mol. The first kappa shape index (κ1) is 18.6. The van der Waals surface area contributed by atoms with Gasteiger partial charge in [0.25, 0.3) is 0 Å². The van der Waals surface area contributed by atoms with Gasteiger partial charge in [-0.2, -0.15) is 0 Å². The lowest BCUT2D eigenvalue weighted by atomic mass is 9.98. The number of benzene rings is 1. The van der Waals surface area contributed by atoms with E-state index in [4.69, 9.17) is 4.74 Å². The number of ether oxygens (including phenoxy) is 1. The summed E-state index contributed by atoms with van der Waals surface area (Å²) in [4.78, 5) is 6.89. The molecule has 5 nitrogen and oxygen atoms in total. The van der Waals surface area contributed by atoms with Gasteiger partial charge in [-0.1, -0.05) is 19.1 Å². The van der Waals surface area contributed by atoms with Gasteiger partial charge in [-0.3, -0.25) is 9.89 Å². The molecule has 1 aromatic rings. The highest BCUT2D eigenvalue weighted by atomic mass is 16.5. The zero-order valence-corrected chi connectivity index (χ0v) is 15.5. The predicted octanol–water partition coefficient (Wildman–Crippen LogP) is 2.48. The van der Waals surface area contributed by atoms with Crippen LogP contribution in [0.2, 0.25) is 0 Å². The van der Waals surface area contributed by atoms with Crippen LogP contribution in [-0.4, -0.2) is 50.7 Å². The van der Waals surface area contributed by atoms with E-state index in [1.807, 2.05) is 19.2 Å². The Morgan fingerprint density at radius 2 is 1.92 bits per heavy atom. The Morgan fingerprint density at radius 3 is 2.50 bits per heavy atom. The van der Waals surface area contributed by atoms with Gasteiger partial charge in [0.05, 0.1) is 7.11 Å². The molecular formula is C19H32N4O. The Labute approximate surface area is 146 Å². The monoisotopic (exact) mass is 332 g/mol. The van der Waals surface area contributed by atoms with Gasteiger partial charge in [-0.05, 0) is 56.5 Å². The van der Waals surface area contributed by atoms with Crippen LogP contribution in [0.25, 0.3) is 0 Å².